The number of rotatable bonds is 7. The third kappa shape index (κ3) is 6.01. The summed E-state index contributed by atoms with van der Waals surface area (Å²) in [4.78, 5) is 32.9. The highest BCUT2D eigenvalue weighted by atomic mass is 16.6. The van der Waals surface area contributed by atoms with Crippen molar-refractivity contribution < 1.29 is 14.3 Å². The Morgan fingerprint density at radius 3 is 2.19 bits per heavy atom. The number of carbonyl (C=O) groups excluding carboxylic acids is 2. The molecule has 5 rings (SSSR count). The molecule has 2 heterocycles. The van der Waals surface area contributed by atoms with Crippen molar-refractivity contribution >= 4 is 12.0 Å². The first kappa shape index (κ1) is 25.8. The van der Waals surface area contributed by atoms with Gasteiger partial charge in [-0.15, -0.1) is 0 Å². The van der Waals surface area contributed by atoms with Crippen LogP contribution in [0, 0.1) is 5.92 Å². The van der Waals surface area contributed by atoms with Gasteiger partial charge in [-0.25, -0.2) is 4.79 Å². The molecule has 37 heavy (non-hydrogen) atoms. The molecule has 2 aromatic carbocycles. The minimum Gasteiger partial charge on any atom is -0.445 e. The average Bonchev–Trinajstić information content (AvgIpc) is 3.65. The van der Waals surface area contributed by atoms with E-state index in [9.17, 15) is 9.59 Å². The molecule has 0 N–H and O–H groups in total. The summed E-state index contributed by atoms with van der Waals surface area (Å²) in [5.74, 6) is 0.927. The smallest absolute Gasteiger partial charge is 0.410 e. The molecule has 0 radical (unpaired) electrons. The number of hydrogen-bond acceptors (Lipinski definition) is 4. The molecule has 6 heteroatoms. The molecule has 2 aromatic rings. The van der Waals surface area contributed by atoms with Crippen LogP contribution in [0.1, 0.15) is 62.5 Å². The first-order valence-corrected chi connectivity index (χ1v) is 14.2. The summed E-state index contributed by atoms with van der Waals surface area (Å²) in [7, 11) is 0. The van der Waals surface area contributed by atoms with Crippen molar-refractivity contribution in [2.45, 2.75) is 70.1 Å². The molecule has 2 saturated heterocycles. The van der Waals surface area contributed by atoms with Gasteiger partial charge in [0, 0.05) is 56.6 Å². The molecule has 2 amide bonds. The fraction of sp³-hybridized carbons (Fsp3) is 0.548. The molecule has 1 saturated carbocycles. The van der Waals surface area contributed by atoms with Gasteiger partial charge in [0.2, 0.25) is 5.91 Å². The Hall–Kier alpha value is -2.86. The highest BCUT2D eigenvalue weighted by Crippen LogP contribution is 2.36. The van der Waals surface area contributed by atoms with Gasteiger partial charge in [-0.05, 0) is 43.7 Å². The largest absolute Gasteiger partial charge is 0.445 e. The van der Waals surface area contributed by atoms with E-state index in [2.05, 4.69) is 40.1 Å². The third-order valence-corrected chi connectivity index (χ3v) is 8.72. The van der Waals surface area contributed by atoms with Crippen molar-refractivity contribution in [3.05, 3.63) is 71.8 Å². The van der Waals surface area contributed by atoms with Crippen LogP contribution in [0.4, 0.5) is 4.79 Å². The van der Waals surface area contributed by atoms with Gasteiger partial charge in [-0.3, -0.25) is 9.69 Å². The minimum absolute atomic E-state index is 0.192. The second-order valence-corrected chi connectivity index (χ2v) is 10.9. The van der Waals surface area contributed by atoms with Crippen LogP contribution < -0.4 is 0 Å². The zero-order valence-corrected chi connectivity index (χ0v) is 22.1. The molecule has 2 aliphatic heterocycles. The van der Waals surface area contributed by atoms with Crippen LogP contribution in [0.5, 0.6) is 0 Å². The number of piperidine rings is 1. The molecular formula is C31H41N3O3. The second-order valence-electron chi connectivity index (χ2n) is 10.9. The number of likely N-dealkylation sites (tertiary alicyclic amines) is 2. The summed E-state index contributed by atoms with van der Waals surface area (Å²) in [5.41, 5.74) is 2.34. The summed E-state index contributed by atoms with van der Waals surface area (Å²) < 4.78 is 5.65. The maximum Gasteiger partial charge on any atom is 0.410 e. The highest BCUT2D eigenvalue weighted by Gasteiger charge is 2.42. The summed E-state index contributed by atoms with van der Waals surface area (Å²) in [5, 5.41) is 0. The number of hydrogen-bond donors (Lipinski definition) is 0. The lowest BCUT2D eigenvalue weighted by Gasteiger charge is -2.41. The number of nitrogens with zero attached hydrogens (tertiary/aromatic N) is 3. The van der Waals surface area contributed by atoms with Gasteiger partial charge >= 0.3 is 6.09 Å². The monoisotopic (exact) mass is 503 g/mol. The van der Waals surface area contributed by atoms with Crippen LogP contribution in [0.25, 0.3) is 0 Å². The van der Waals surface area contributed by atoms with E-state index in [1.807, 2.05) is 42.2 Å². The quantitative estimate of drug-likeness (QED) is 0.515. The standard InChI is InChI=1S/C31H41N3O3/c1-2-34(31(36)37-23-24-11-5-3-6-12-24)27-17-19-32(20-18-27)29-22-33(30(35)26-15-9-10-16-26)21-28(29)25-13-7-4-8-14-25/h3-8,11-14,26-29H,2,9-10,15-23H2,1H3/t28-,29+/m1/s1. The van der Waals surface area contributed by atoms with Gasteiger partial charge in [0.15, 0.2) is 0 Å². The van der Waals surface area contributed by atoms with Gasteiger partial charge in [-0.2, -0.15) is 0 Å². The van der Waals surface area contributed by atoms with Crippen LogP contribution in [0.2, 0.25) is 0 Å². The predicted octanol–water partition coefficient (Wildman–Crippen LogP) is 5.29. The van der Waals surface area contributed by atoms with Crippen LogP contribution in [-0.4, -0.2) is 71.5 Å². The fourth-order valence-corrected chi connectivity index (χ4v) is 6.66. The van der Waals surface area contributed by atoms with Gasteiger partial charge < -0.3 is 14.5 Å². The van der Waals surface area contributed by atoms with Crippen LogP contribution in [0.15, 0.2) is 60.7 Å². The second kappa shape index (κ2) is 12.1. The van der Waals surface area contributed by atoms with Crippen LogP contribution in [0.3, 0.4) is 0 Å². The maximum absolute atomic E-state index is 13.3. The molecule has 0 aromatic heterocycles. The number of carbonyl (C=O) groups is 2. The van der Waals surface area contributed by atoms with Gasteiger partial charge in [0.25, 0.3) is 0 Å². The van der Waals surface area contributed by atoms with Crippen molar-refractivity contribution in [2.24, 2.45) is 5.92 Å². The zero-order chi connectivity index (χ0) is 25.6. The van der Waals surface area contributed by atoms with E-state index < -0.39 is 0 Å². The lowest BCUT2D eigenvalue weighted by atomic mass is 9.91. The summed E-state index contributed by atoms with van der Waals surface area (Å²) >= 11 is 0. The van der Waals surface area contributed by atoms with Gasteiger partial charge in [0.1, 0.15) is 6.61 Å². The Morgan fingerprint density at radius 1 is 0.892 bits per heavy atom. The third-order valence-electron chi connectivity index (χ3n) is 8.72. The van der Waals surface area contributed by atoms with Crippen LogP contribution >= 0.6 is 0 Å². The van der Waals surface area contributed by atoms with E-state index in [1.54, 1.807) is 0 Å². The van der Waals surface area contributed by atoms with E-state index in [0.717, 1.165) is 57.4 Å². The molecule has 1 aliphatic carbocycles. The number of amides is 2. The van der Waals surface area contributed by atoms with Crippen molar-refractivity contribution in [1.82, 2.24) is 14.7 Å². The maximum atomic E-state index is 13.3. The molecule has 3 fully saturated rings. The molecular weight excluding hydrogens is 462 g/mol. The molecule has 3 aliphatic rings. The normalized spacial score (nSPS) is 23.3. The Bertz CT molecular complexity index is 1020. The first-order chi connectivity index (χ1) is 18.1. The molecule has 198 valence electrons. The summed E-state index contributed by atoms with van der Waals surface area (Å²) in [6, 6.07) is 21.1. The molecule has 0 unspecified atom stereocenters. The fourth-order valence-electron chi connectivity index (χ4n) is 6.66. The first-order valence-electron chi connectivity index (χ1n) is 14.2. The molecule has 2 atom stereocenters. The Morgan fingerprint density at radius 2 is 1.54 bits per heavy atom. The number of ether oxygens (including phenoxy) is 1. The van der Waals surface area contributed by atoms with Crippen molar-refractivity contribution in [1.29, 1.82) is 0 Å². The van der Waals surface area contributed by atoms with Gasteiger partial charge in [0.05, 0.1) is 0 Å². The topological polar surface area (TPSA) is 53.1 Å². The summed E-state index contributed by atoms with van der Waals surface area (Å²) in [6.07, 6.45) is 6.12. The molecule has 0 bridgehead atoms. The van der Waals surface area contributed by atoms with E-state index >= 15 is 0 Å². The van der Waals surface area contributed by atoms with Crippen molar-refractivity contribution in [3.8, 4) is 0 Å². The highest BCUT2D eigenvalue weighted by molar-refractivity contribution is 5.79. The summed E-state index contributed by atoms with van der Waals surface area (Å²) in [6.45, 7) is 6.50. The SMILES string of the molecule is CCN(C(=O)OCc1ccccc1)C1CCN([C@H]2CN(C(=O)C3CCCC3)C[C@@H]2c2ccccc2)CC1. The van der Waals surface area contributed by atoms with Gasteiger partial charge in [-0.1, -0.05) is 73.5 Å². The minimum atomic E-state index is -0.221. The Labute approximate surface area is 221 Å². The Kier molecular flexibility index (Phi) is 8.45. The van der Waals surface area contributed by atoms with E-state index in [4.69, 9.17) is 4.74 Å². The zero-order valence-electron chi connectivity index (χ0n) is 22.1. The van der Waals surface area contributed by atoms with Crippen LogP contribution in [-0.2, 0) is 16.1 Å². The van der Waals surface area contributed by atoms with Crippen molar-refractivity contribution in [2.75, 3.05) is 32.7 Å². The number of benzene rings is 2. The molecule has 0 spiro atoms. The average molecular weight is 504 g/mol. The lowest BCUT2D eigenvalue weighted by Crippen LogP contribution is -2.51. The lowest BCUT2D eigenvalue weighted by molar-refractivity contribution is -0.134. The van der Waals surface area contributed by atoms with E-state index in [-0.39, 0.29) is 18.1 Å². The molecule has 6 nitrogen and oxygen atoms in total. The van der Waals surface area contributed by atoms with E-state index in [0.29, 0.717) is 31.0 Å². The Balaban J connectivity index is 1.21. The predicted molar refractivity (Wildman–Crippen MR) is 145 cm³/mol. The van der Waals surface area contributed by atoms with E-state index in [1.165, 1.54) is 18.4 Å². The van der Waals surface area contributed by atoms with Crippen molar-refractivity contribution in [3.63, 3.8) is 0 Å².